The zero-order chi connectivity index (χ0) is 15.9. The van der Waals surface area contributed by atoms with Crippen molar-refractivity contribution >= 4 is 0 Å². The average Bonchev–Trinajstić information content (AvgIpc) is 2.45. The summed E-state index contributed by atoms with van der Waals surface area (Å²) in [4.78, 5) is 2.45. The van der Waals surface area contributed by atoms with Crippen molar-refractivity contribution in [2.75, 3.05) is 26.2 Å². The Balaban J connectivity index is 1.56. The third kappa shape index (κ3) is 5.63. The van der Waals surface area contributed by atoms with Gasteiger partial charge in [-0.1, -0.05) is 6.07 Å². The number of hydrogen-bond acceptors (Lipinski definition) is 3. The van der Waals surface area contributed by atoms with Crippen LogP contribution in [0, 0.1) is 11.6 Å². The van der Waals surface area contributed by atoms with Crippen LogP contribution in [0.3, 0.4) is 0 Å². The lowest BCUT2D eigenvalue weighted by Crippen LogP contribution is -2.45. The van der Waals surface area contributed by atoms with Crippen LogP contribution in [0.15, 0.2) is 18.2 Å². The molecule has 0 bridgehead atoms. The molecular formula is C17H26F2N2O. The van der Waals surface area contributed by atoms with Crippen LogP contribution < -0.4 is 5.32 Å². The number of nitrogens with zero attached hydrogens (tertiary/aromatic N) is 1. The fraction of sp³-hybridized carbons (Fsp3) is 0.647. The summed E-state index contributed by atoms with van der Waals surface area (Å²) in [5, 5.41) is 3.27. The summed E-state index contributed by atoms with van der Waals surface area (Å²) in [7, 11) is 0. The Morgan fingerprint density at radius 3 is 2.55 bits per heavy atom. The van der Waals surface area contributed by atoms with Crippen LogP contribution in [0.4, 0.5) is 8.78 Å². The van der Waals surface area contributed by atoms with Crippen molar-refractivity contribution < 1.29 is 13.5 Å². The van der Waals surface area contributed by atoms with Crippen molar-refractivity contribution in [1.29, 1.82) is 0 Å². The second-order valence-corrected chi connectivity index (χ2v) is 6.15. The highest BCUT2D eigenvalue weighted by Crippen LogP contribution is 2.11. The molecular weight excluding hydrogens is 286 g/mol. The van der Waals surface area contributed by atoms with Crippen molar-refractivity contribution in [2.24, 2.45) is 0 Å². The molecule has 5 heteroatoms. The van der Waals surface area contributed by atoms with Gasteiger partial charge in [-0.15, -0.1) is 0 Å². The van der Waals surface area contributed by atoms with Crippen molar-refractivity contribution in [3.8, 4) is 0 Å². The number of nitrogens with one attached hydrogen (secondary N) is 1. The van der Waals surface area contributed by atoms with Crippen LogP contribution in [0.1, 0.15) is 32.3 Å². The molecule has 1 aliphatic rings. The summed E-state index contributed by atoms with van der Waals surface area (Å²) in [6.45, 7) is 8.79. The monoisotopic (exact) mass is 312 g/mol. The largest absolute Gasteiger partial charge is 0.373 e. The van der Waals surface area contributed by atoms with Gasteiger partial charge < -0.3 is 10.1 Å². The molecule has 1 heterocycles. The maximum absolute atomic E-state index is 13.1. The van der Waals surface area contributed by atoms with Gasteiger partial charge in [0.05, 0.1) is 12.2 Å². The van der Waals surface area contributed by atoms with Crippen LogP contribution in [-0.2, 0) is 11.3 Å². The molecule has 1 aliphatic heterocycles. The second kappa shape index (κ2) is 8.56. The molecule has 0 amide bonds. The minimum atomic E-state index is -0.794. The van der Waals surface area contributed by atoms with Crippen LogP contribution in [0.25, 0.3) is 0 Å². The van der Waals surface area contributed by atoms with E-state index in [0.717, 1.165) is 44.6 Å². The Morgan fingerprint density at radius 1 is 1.14 bits per heavy atom. The molecule has 1 N–H and O–H groups in total. The summed E-state index contributed by atoms with van der Waals surface area (Å²) in [5.41, 5.74) is 0.773. The number of rotatable bonds is 7. The van der Waals surface area contributed by atoms with E-state index in [0.29, 0.717) is 18.8 Å². The van der Waals surface area contributed by atoms with Gasteiger partial charge in [0.15, 0.2) is 11.6 Å². The van der Waals surface area contributed by atoms with E-state index in [9.17, 15) is 8.78 Å². The van der Waals surface area contributed by atoms with E-state index in [-0.39, 0.29) is 0 Å². The topological polar surface area (TPSA) is 24.5 Å². The summed E-state index contributed by atoms with van der Waals surface area (Å²) >= 11 is 0. The summed E-state index contributed by atoms with van der Waals surface area (Å²) in [6.07, 6.45) is 2.83. The molecule has 0 radical (unpaired) electrons. The Kier molecular flexibility index (Phi) is 6.73. The van der Waals surface area contributed by atoms with Crippen LogP contribution in [-0.4, -0.2) is 43.3 Å². The number of halogens is 2. The predicted molar refractivity (Wildman–Crippen MR) is 83.7 cm³/mol. The van der Waals surface area contributed by atoms with Gasteiger partial charge in [-0.25, -0.2) is 8.78 Å². The van der Waals surface area contributed by atoms with Gasteiger partial charge in [0.1, 0.15) is 0 Å². The molecule has 1 aromatic rings. The maximum Gasteiger partial charge on any atom is 0.159 e. The lowest BCUT2D eigenvalue weighted by atomic mass is 10.2. The average molecular weight is 312 g/mol. The first-order valence-corrected chi connectivity index (χ1v) is 8.07. The van der Waals surface area contributed by atoms with Gasteiger partial charge in [-0.2, -0.15) is 0 Å². The smallest absolute Gasteiger partial charge is 0.159 e. The zero-order valence-corrected chi connectivity index (χ0v) is 13.4. The van der Waals surface area contributed by atoms with E-state index in [1.807, 2.05) is 0 Å². The first-order chi connectivity index (χ1) is 10.5. The van der Waals surface area contributed by atoms with Crippen molar-refractivity contribution in [2.45, 2.75) is 45.4 Å². The van der Waals surface area contributed by atoms with E-state index in [4.69, 9.17) is 4.74 Å². The number of morpholine rings is 1. The molecule has 2 unspecified atom stereocenters. The van der Waals surface area contributed by atoms with E-state index in [1.165, 1.54) is 12.1 Å². The second-order valence-electron chi connectivity index (χ2n) is 6.15. The SMILES string of the molecule is CC1CN(CCCCNCc2ccc(F)c(F)c2)CC(C)O1. The van der Waals surface area contributed by atoms with E-state index in [2.05, 4.69) is 24.1 Å². The van der Waals surface area contributed by atoms with Gasteiger partial charge in [0, 0.05) is 19.6 Å². The molecule has 22 heavy (non-hydrogen) atoms. The third-order valence-electron chi connectivity index (χ3n) is 3.89. The molecule has 0 aliphatic carbocycles. The minimum absolute atomic E-state index is 0.315. The first-order valence-electron chi connectivity index (χ1n) is 8.07. The Labute approximate surface area is 131 Å². The van der Waals surface area contributed by atoms with Crippen molar-refractivity contribution in [1.82, 2.24) is 10.2 Å². The molecule has 1 saturated heterocycles. The van der Waals surface area contributed by atoms with Crippen molar-refractivity contribution in [3.63, 3.8) is 0 Å². The molecule has 3 nitrogen and oxygen atoms in total. The van der Waals surface area contributed by atoms with E-state index < -0.39 is 11.6 Å². The highest BCUT2D eigenvalue weighted by molar-refractivity contribution is 5.17. The van der Waals surface area contributed by atoms with Crippen molar-refractivity contribution in [3.05, 3.63) is 35.4 Å². The van der Waals surface area contributed by atoms with E-state index in [1.54, 1.807) is 6.07 Å². The normalized spacial score (nSPS) is 22.9. The Morgan fingerprint density at radius 2 is 1.86 bits per heavy atom. The standard InChI is InChI=1S/C17H26F2N2O/c1-13-11-21(12-14(2)22-13)8-4-3-7-20-10-15-5-6-16(18)17(19)9-15/h5-6,9,13-14,20H,3-4,7-8,10-12H2,1-2H3. The summed E-state index contributed by atoms with van der Waals surface area (Å²) in [5.74, 6) is -1.58. The summed E-state index contributed by atoms with van der Waals surface area (Å²) < 4.78 is 31.6. The van der Waals surface area contributed by atoms with Gasteiger partial charge in [0.2, 0.25) is 0 Å². The maximum atomic E-state index is 13.1. The Hall–Kier alpha value is -1.04. The number of benzene rings is 1. The molecule has 0 aromatic heterocycles. The quantitative estimate of drug-likeness (QED) is 0.784. The molecule has 124 valence electrons. The zero-order valence-electron chi connectivity index (χ0n) is 13.4. The minimum Gasteiger partial charge on any atom is -0.373 e. The molecule has 1 fully saturated rings. The lowest BCUT2D eigenvalue weighted by Gasteiger charge is -2.35. The molecule has 0 saturated carbocycles. The highest BCUT2D eigenvalue weighted by Gasteiger charge is 2.21. The van der Waals surface area contributed by atoms with Gasteiger partial charge in [0.25, 0.3) is 0 Å². The van der Waals surface area contributed by atoms with E-state index >= 15 is 0 Å². The Bertz CT molecular complexity index is 460. The molecule has 2 rings (SSSR count). The van der Waals surface area contributed by atoms with Crippen LogP contribution >= 0.6 is 0 Å². The van der Waals surface area contributed by atoms with Gasteiger partial charge >= 0.3 is 0 Å². The fourth-order valence-corrected chi connectivity index (χ4v) is 2.93. The third-order valence-corrected chi connectivity index (χ3v) is 3.89. The summed E-state index contributed by atoms with van der Waals surface area (Å²) in [6, 6.07) is 4.04. The highest BCUT2D eigenvalue weighted by atomic mass is 19.2. The number of ether oxygens (including phenoxy) is 1. The van der Waals surface area contributed by atoms with Gasteiger partial charge in [-0.05, 0) is 57.5 Å². The first kappa shape index (κ1) is 17.3. The lowest BCUT2D eigenvalue weighted by molar-refractivity contribution is -0.0681. The molecule has 2 atom stereocenters. The number of hydrogen-bond donors (Lipinski definition) is 1. The van der Waals surface area contributed by atoms with Gasteiger partial charge in [-0.3, -0.25) is 4.90 Å². The van der Waals surface area contributed by atoms with Crippen LogP contribution in [0.2, 0.25) is 0 Å². The molecule has 1 aromatic carbocycles. The van der Waals surface area contributed by atoms with Crippen LogP contribution in [0.5, 0.6) is 0 Å². The predicted octanol–water partition coefficient (Wildman–Crippen LogP) is 2.94. The fourth-order valence-electron chi connectivity index (χ4n) is 2.93. The number of unbranched alkanes of at least 4 members (excludes halogenated alkanes) is 1. The molecule has 0 spiro atoms.